The molecule has 3 nitrogen and oxygen atoms in total. The van der Waals surface area contributed by atoms with Crippen LogP contribution < -0.4 is 4.74 Å². The molecule has 0 spiro atoms. The predicted octanol–water partition coefficient (Wildman–Crippen LogP) is 4.41. The van der Waals surface area contributed by atoms with Crippen LogP contribution in [0, 0.1) is 11.6 Å². The van der Waals surface area contributed by atoms with Crippen LogP contribution in [0.15, 0.2) is 36.4 Å². The number of imidazole rings is 1. The number of benzene rings is 2. The molecule has 0 saturated carbocycles. The van der Waals surface area contributed by atoms with Crippen LogP contribution >= 0.6 is 0 Å². The van der Waals surface area contributed by atoms with E-state index in [4.69, 9.17) is 0 Å². The fraction of sp³-hybridized carbons (Fsp3) is 0.0714. The maximum atomic E-state index is 13.9. The van der Waals surface area contributed by atoms with E-state index in [1.807, 2.05) is 0 Å². The molecule has 8 heteroatoms. The number of rotatable bonds is 2. The highest BCUT2D eigenvalue weighted by atomic mass is 19.4. The third-order valence-corrected chi connectivity index (χ3v) is 2.90. The number of ether oxygens (including phenoxy) is 1. The van der Waals surface area contributed by atoms with Gasteiger partial charge in [0.2, 0.25) is 0 Å². The third kappa shape index (κ3) is 2.59. The number of hydrogen-bond acceptors (Lipinski definition) is 2. The molecule has 3 aromatic rings. The Balaban J connectivity index is 2.22. The molecular formula is C14H7F5N2O. The zero-order chi connectivity index (χ0) is 15.9. The molecule has 0 bridgehead atoms. The SMILES string of the molecule is Fc1ccc(F)c(-c2nc3ccccc3[nH]2)c1OC(F)(F)F. The van der Waals surface area contributed by atoms with Gasteiger partial charge in [0.1, 0.15) is 11.6 Å². The number of aromatic amines is 1. The van der Waals surface area contributed by atoms with E-state index in [9.17, 15) is 22.0 Å². The average molecular weight is 314 g/mol. The first-order valence-electron chi connectivity index (χ1n) is 6.04. The molecule has 1 N–H and O–H groups in total. The number of nitrogens with one attached hydrogen (secondary N) is 1. The monoisotopic (exact) mass is 314 g/mol. The average Bonchev–Trinajstić information content (AvgIpc) is 2.85. The molecule has 2 aromatic carbocycles. The van der Waals surface area contributed by atoms with Gasteiger partial charge < -0.3 is 9.72 Å². The van der Waals surface area contributed by atoms with E-state index in [-0.39, 0.29) is 5.82 Å². The highest BCUT2D eigenvalue weighted by Gasteiger charge is 2.35. The Morgan fingerprint density at radius 1 is 0.955 bits per heavy atom. The predicted molar refractivity (Wildman–Crippen MR) is 68.1 cm³/mol. The summed E-state index contributed by atoms with van der Waals surface area (Å²) in [5.41, 5.74) is 0.159. The Bertz CT molecular complexity index is 808. The molecule has 0 saturated heterocycles. The topological polar surface area (TPSA) is 37.9 Å². The van der Waals surface area contributed by atoms with Gasteiger partial charge >= 0.3 is 6.36 Å². The molecule has 0 aliphatic carbocycles. The van der Waals surface area contributed by atoms with E-state index in [0.717, 1.165) is 0 Å². The van der Waals surface area contributed by atoms with E-state index in [1.165, 1.54) is 0 Å². The summed E-state index contributed by atoms with van der Waals surface area (Å²) in [5, 5.41) is 0. The summed E-state index contributed by atoms with van der Waals surface area (Å²) in [6.45, 7) is 0. The smallest absolute Gasteiger partial charge is 0.402 e. The minimum atomic E-state index is -5.16. The summed E-state index contributed by atoms with van der Waals surface area (Å²) in [4.78, 5) is 6.61. The van der Waals surface area contributed by atoms with Crippen molar-refractivity contribution in [3.05, 3.63) is 48.0 Å². The number of H-pyrrole nitrogens is 1. The summed E-state index contributed by atoms with van der Waals surface area (Å²) in [6.07, 6.45) is -5.16. The fourth-order valence-electron chi connectivity index (χ4n) is 2.04. The lowest BCUT2D eigenvalue weighted by Gasteiger charge is -2.13. The molecule has 1 aromatic heterocycles. The molecule has 0 unspecified atom stereocenters. The zero-order valence-corrected chi connectivity index (χ0v) is 10.7. The van der Waals surface area contributed by atoms with Gasteiger partial charge in [0, 0.05) is 0 Å². The van der Waals surface area contributed by atoms with Gasteiger partial charge in [-0.2, -0.15) is 0 Å². The fourth-order valence-corrected chi connectivity index (χ4v) is 2.04. The quantitative estimate of drug-likeness (QED) is 0.712. The van der Waals surface area contributed by atoms with Crippen LogP contribution in [0.1, 0.15) is 0 Å². The second-order valence-corrected chi connectivity index (χ2v) is 4.38. The van der Waals surface area contributed by atoms with E-state index in [0.29, 0.717) is 23.2 Å². The highest BCUT2D eigenvalue weighted by molar-refractivity contribution is 5.80. The Morgan fingerprint density at radius 2 is 1.64 bits per heavy atom. The van der Waals surface area contributed by atoms with Gasteiger partial charge in [0.15, 0.2) is 11.6 Å². The van der Waals surface area contributed by atoms with Crippen LogP contribution in [0.25, 0.3) is 22.4 Å². The second kappa shape index (κ2) is 4.97. The lowest BCUT2D eigenvalue weighted by atomic mass is 10.1. The van der Waals surface area contributed by atoms with Crippen molar-refractivity contribution in [3.63, 3.8) is 0 Å². The summed E-state index contributed by atoms with van der Waals surface area (Å²) in [6, 6.07) is 7.77. The van der Waals surface area contributed by atoms with Gasteiger partial charge in [-0.05, 0) is 24.3 Å². The van der Waals surface area contributed by atoms with Crippen molar-refractivity contribution < 1.29 is 26.7 Å². The number of halogens is 5. The number of para-hydroxylation sites is 2. The lowest BCUT2D eigenvalue weighted by Crippen LogP contribution is -2.19. The van der Waals surface area contributed by atoms with E-state index >= 15 is 0 Å². The Kier molecular flexibility index (Phi) is 3.23. The van der Waals surface area contributed by atoms with Gasteiger partial charge in [0.25, 0.3) is 0 Å². The van der Waals surface area contributed by atoms with Crippen molar-refractivity contribution in [2.75, 3.05) is 0 Å². The molecule has 0 aliphatic rings. The molecule has 0 amide bonds. The second-order valence-electron chi connectivity index (χ2n) is 4.38. The number of nitrogens with zero attached hydrogens (tertiary/aromatic N) is 1. The first-order chi connectivity index (χ1) is 10.3. The van der Waals surface area contributed by atoms with Gasteiger partial charge in [-0.1, -0.05) is 12.1 Å². The van der Waals surface area contributed by atoms with Crippen LogP contribution in [0.2, 0.25) is 0 Å². The summed E-state index contributed by atoms with van der Waals surface area (Å²) in [7, 11) is 0. The third-order valence-electron chi connectivity index (χ3n) is 2.90. The number of aromatic nitrogens is 2. The maximum Gasteiger partial charge on any atom is 0.573 e. The van der Waals surface area contributed by atoms with Gasteiger partial charge in [-0.25, -0.2) is 13.8 Å². The Labute approximate surface area is 120 Å². The van der Waals surface area contributed by atoms with Gasteiger partial charge in [-0.15, -0.1) is 13.2 Å². The van der Waals surface area contributed by atoms with Crippen LogP contribution in [0.5, 0.6) is 5.75 Å². The molecule has 22 heavy (non-hydrogen) atoms. The summed E-state index contributed by atoms with van der Waals surface area (Å²) in [5.74, 6) is -3.93. The van der Waals surface area contributed by atoms with Crippen molar-refractivity contribution in [1.82, 2.24) is 9.97 Å². The number of fused-ring (bicyclic) bond motifs is 1. The normalized spacial score (nSPS) is 11.9. The van der Waals surface area contributed by atoms with Crippen LogP contribution in [-0.2, 0) is 0 Å². The molecule has 1 heterocycles. The van der Waals surface area contributed by atoms with Gasteiger partial charge in [0.05, 0.1) is 16.6 Å². The largest absolute Gasteiger partial charge is 0.573 e. The van der Waals surface area contributed by atoms with E-state index in [2.05, 4.69) is 14.7 Å². The zero-order valence-electron chi connectivity index (χ0n) is 10.7. The van der Waals surface area contributed by atoms with Crippen molar-refractivity contribution in [1.29, 1.82) is 0 Å². The molecule has 114 valence electrons. The van der Waals surface area contributed by atoms with Crippen molar-refractivity contribution in [2.45, 2.75) is 6.36 Å². The van der Waals surface area contributed by atoms with Crippen LogP contribution in [-0.4, -0.2) is 16.3 Å². The van der Waals surface area contributed by atoms with Crippen LogP contribution in [0.3, 0.4) is 0 Å². The summed E-state index contributed by atoms with van der Waals surface area (Å²) < 4.78 is 68.5. The Morgan fingerprint density at radius 3 is 2.32 bits per heavy atom. The van der Waals surface area contributed by atoms with Crippen molar-refractivity contribution in [2.24, 2.45) is 0 Å². The van der Waals surface area contributed by atoms with Crippen molar-refractivity contribution in [3.8, 4) is 17.1 Å². The van der Waals surface area contributed by atoms with Crippen LogP contribution in [0.4, 0.5) is 22.0 Å². The molecule has 0 atom stereocenters. The minimum absolute atomic E-state index is 0.252. The number of alkyl halides is 3. The molecule has 3 rings (SSSR count). The molecule has 0 aliphatic heterocycles. The highest BCUT2D eigenvalue weighted by Crippen LogP contribution is 2.37. The first-order valence-corrected chi connectivity index (χ1v) is 6.04. The Hall–Kier alpha value is -2.64. The minimum Gasteiger partial charge on any atom is -0.402 e. The van der Waals surface area contributed by atoms with E-state index in [1.54, 1.807) is 24.3 Å². The number of hydrogen-bond donors (Lipinski definition) is 1. The standard InChI is InChI=1S/C14H7F5N2O/c15-7-5-6-8(16)12(22-14(17,18)19)11(7)13-20-9-3-1-2-4-10(9)21-13/h1-6H,(H,20,21). The lowest BCUT2D eigenvalue weighted by molar-refractivity contribution is -0.275. The van der Waals surface area contributed by atoms with Gasteiger partial charge in [-0.3, -0.25) is 0 Å². The summed E-state index contributed by atoms with van der Waals surface area (Å²) >= 11 is 0. The molecule has 0 fully saturated rings. The van der Waals surface area contributed by atoms with Crippen molar-refractivity contribution >= 4 is 11.0 Å². The molecular weight excluding hydrogens is 307 g/mol. The first kappa shape index (κ1) is 14.3. The maximum absolute atomic E-state index is 13.9. The molecule has 0 radical (unpaired) electrons. The van der Waals surface area contributed by atoms with E-state index < -0.39 is 29.3 Å².